The first kappa shape index (κ1) is 17.2. The van der Waals surface area contributed by atoms with E-state index in [2.05, 4.69) is 20.6 Å². The maximum absolute atomic E-state index is 12.1. The van der Waals surface area contributed by atoms with Gasteiger partial charge in [0.25, 0.3) is 5.91 Å². The molecule has 25 heavy (non-hydrogen) atoms. The minimum absolute atomic E-state index is 0.243. The summed E-state index contributed by atoms with van der Waals surface area (Å²) in [7, 11) is 0. The maximum atomic E-state index is 12.1. The zero-order valence-electron chi connectivity index (χ0n) is 13.0. The largest absolute Gasteiger partial charge is 0.348 e. The van der Waals surface area contributed by atoms with Gasteiger partial charge in [0.1, 0.15) is 0 Å². The van der Waals surface area contributed by atoms with E-state index in [9.17, 15) is 4.79 Å². The highest BCUT2D eigenvalue weighted by molar-refractivity contribution is 6.30. The van der Waals surface area contributed by atoms with Crippen LogP contribution < -0.4 is 10.6 Å². The number of carbonyl (C=O) groups excluding carboxylic acids is 1. The molecule has 5 nitrogen and oxygen atoms in total. The molecule has 7 heteroatoms. The van der Waals surface area contributed by atoms with Gasteiger partial charge in [-0.1, -0.05) is 35.3 Å². The maximum Gasteiger partial charge on any atom is 0.254 e. The Kier molecular flexibility index (Phi) is 5.48. The first-order valence-electron chi connectivity index (χ1n) is 7.47. The number of amides is 1. The summed E-state index contributed by atoms with van der Waals surface area (Å²) in [5.41, 5.74) is 2.15. The fraction of sp³-hybridized carbons (Fsp3) is 0.0556. The van der Waals surface area contributed by atoms with Gasteiger partial charge in [-0.25, -0.2) is 9.97 Å². The molecule has 3 rings (SSSR count). The van der Waals surface area contributed by atoms with Crippen LogP contribution >= 0.6 is 23.2 Å². The second kappa shape index (κ2) is 7.96. The smallest absolute Gasteiger partial charge is 0.254 e. The third-order valence-corrected chi connectivity index (χ3v) is 3.88. The SMILES string of the molecule is O=C(NCc1ccc(Cl)cc1)c1cnc(Nc2ccc(Cl)cc2)nc1. The van der Waals surface area contributed by atoms with Crippen LogP contribution in [-0.2, 0) is 6.54 Å². The summed E-state index contributed by atoms with van der Waals surface area (Å²) < 4.78 is 0. The van der Waals surface area contributed by atoms with E-state index in [0.717, 1.165) is 11.3 Å². The van der Waals surface area contributed by atoms with E-state index >= 15 is 0 Å². The van der Waals surface area contributed by atoms with Gasteiger partial charge in [-0.05, 0) is 42.0 Å². The molecule has 0 spiro atoms. The second-order valence-electron chi connectivity index (χ2n) is 5.24. The molecule has 0 fully saturated rings. The molecule has 0 aliphatic carbocycles. The minimum atomic E-state index is -0.243. The molecule has 3 aromatic rings. The van der Waals surface area contributed by atoms with Gasteiger partial charge < -0.3 is 10.6 Å². The number of nitrogens with one attached hydrogen (secondary N) is 2. The average Bonchev–Trinajstić information content (AvgIpc) is 2.63. The van der Waals surface area contributed by atoms with Crippen LogP contribution in [0.25, 0.3) is 0 Å². The summed E-state index contributed by atoms with van der Waals surface area (Å²) in [6.07, 6.45) is 2.95. The Morgan fingerprint density at radius 1 is 0.880 bits per heavy atom. The van der Waals surface area contributed by atoms with Crippen LogP contribution in [0.1, 0.15) is 15.9 Å². The van der Waals surface area contributed by atoms with Gasteiger partial charge in [0.05, 0.1) is 5.56 Å². The molecule has 0 unspecified atom stereocenters. The van der Waals surface area contributed by atoms with Crippen LogP contribution in [0.15, 0.2) is 60.9 Å². The number of carbonyl (C=O) groups is 1. The van der Waals surface area contributed by atoms with E-state index in [0.29, 0.717) is 28.1 Å². The number of anilines is 2. The van der Waals surface area contributed by atoms with Crippen molar-refractivity contribution in [2.75, 3.05) is 5.32 Å². The lowest BCUT2D eigenvalue weighted by Gasteiger charge is -2.07. The fourth-order valence-corrected chi connectivity index (χ4v) is 2.31. The van der Waals surface area contributed by atoms with Crippen molar-refractivity contribution in [3.63, 3.8) is 0 Å². The number of aromatic nitrogens is 2. The summed E-state index contributed by atoms with van der Waals surface area (Å²) in [4.78, 5) is 20.4. The van der Waals surface area contributed by atoms with Gasteiger partial charge in [-0.2, -0.15) is 0 Å². The van der Waals surface area contributed by atoms with Gasteiger partial charge >= 0.3 is 0 Å². The Bertz CT molecular complexity index is 850. The van der Waals surface area contributed by atoms with Crippen LogP contribution in [0.3, 0.4) is 0 Å². The Labute approximate surface area is 155 Å². The molecule has 2 N–H and O–H groups in total. The average molecular weight is 373 g/mol. The molecular formula is C18H14Cl2N4O. The summed E-state index contributed by atoms with van der Waals surface area (Å²) in [6.45, 7) is 0.404. The summed E-state index contributed by atoms with van der Waals surface area (Å²) in [5.74, 6) is 0.157. The second-order valence-corrected chi connectivity index (χ2v) is 6.11. The Morgan fingerprint density at radius 3 is 2.04 bits per heavy atom. The minimum Gasteiger partial charge on any atom is -0.348 e. The molecule has 0 bridgehead atoms. The predicted octanol–water partition coefficient (Wildman–Crippen LogP) is 4.46. The summed E-state index contributed by atoms with van der Waals surface area (Å²) >= 11 is 11.7. The van der Waals surface area contributed by atoms with Crippen molar-refractivity contribution in [3.8, 4) is 0 Å². The van der Waals surface area contributed by atoms with E-state index < -0.39 is 0 Å². The van der Waals surface area contributed by atoms with E-state index in [1.165, 1.54) is 12.4 Å². The molecule has 1 amide bonds. The molecule has 0 saturated heterocycles. The summed E-state index contributed by atoms with van der Waals surface area (Å²) in [6, 6.07) is 14.4. The fourth-order valence-electron chi connectivity index (χ4n) is 2.06. The van der Waals surface area contributed by atoms with Crippen LogP contribution in [0.5, 0.6) is 0 Å². The van der Waals surface area contributed by atoms with E-state index in [4.69, 9.17) is 23.2 Å². The van der Waals surface area contributed by atoms with Gasteiger partial charge in [-0.3, -0.25) is 4.79 Å². The third-order valence-electron chi connectivity index (χ3n) is 3.38. The van der Waals surface area contributed by atoms with E-state index in [1.54, 1.807) is 24.3 Å². The number of rotatable bonds is 5. The number of nitrogens with zero attached hydrogens (tertiary/aromatic N) is 2. The number of benzene rings is 2. The van der Waals surface area contributed by atoms with Crippen molar-refractivity contribution in [2.45, 2.75) is 6.54 Å². The predicted molar refractivity (Wildman–Crippen MR) is 99.4 cm³/mol. The standard InChI is InChI=1S/C18H14Cl2N4O/c19-14-3-1-12(2-4-14)9-21-17(25)13-10-22-18(23-11-13)24-16-7-5-15(20)6-8-16/h1-8,10-11H,9H2,(H,21,25)(H,22,23,24). The van der Waals surface area contributed by atoms with Crippen molar-refractivity contribution in [1.82, 2.24) is 15.3 Å². The Morgan fingerprint density at radius 2 is 1.44 bits per heavy atom. The molecule has 0 aliphatic heterocycles. The Balaban J connectivity index is 1.58. The lowest BCUT2D eigenvalue weighted by atomic mass is 10.2. The van der Waals surface area contributed by atoms with Crippen molar-refractivity contribution in [1.29, 1.82) is 0 Å². The number of hydrogen-bond acceptors (Lipinski definition) is 4. The lowest BCUT2D eigenvalue weighted by molar-refractivity contribution is 0.0950. The van der Waals surface area contributed by atoms with Gasteiger partial charge in [0, 0.05) is 34.7 Å². The summed E-state index contributed by atoms with van der Waals surface area (Å²) in [5, 5.41) is 7.16. The monoisotopic (exact) mass is 372 g/mol. The van der Waals surface area contributed by atoms with E-state index in [1.807, 2.05) is 24.3 Å². The van der Waals surface area contributed by atoms with Crippen LogP contribution in [0, 0.1) is 0 Å². The molecule has 0 radical (unpaired) electrons. The van der Waals surface area contributed by atoms with Crippen molar-refractivity contribution in [3.05, 3.63) is 82.1 Å². The number of halogens is 2. The molecule has 0 aliphatic rings. The molecule has 1 aromatic heterocycles. The third kappa shape index (κ3) is 4.92. The molecular weight excluding hydrogens is 359 g/mol. The molecule has 1 heterocycles. The molecule has 0 atom stereocenters. The lowest BCUT2D eigenvalue weighted by Crippen LogP contribution is -2.23. The van der Waals surface area contributed by atoms with Crippen molar-refractivity contribution < 1.29 is 4.79 Å². The zero-order chi connectivity index (χ0) is 17.6. The highest BCUT2D eigenvalue weighted by atomic mass is 35.5. The van der Waals surface area contributed by atoms with E-state index in [-0.39, 0.29) is 5.91 Å². The normalized spacial score (nSPS) is 10.3. The quantitative estimate of drug-likeness (QED) is 0.693. The van der Waals surface area contributed by atoms with Crippen molar-refractivity contribution in [2.24, 2.45) is 0 Å². The molecule has 126 valence electrons. The van der Waals surface area contributed by atoms with Crippen LogP contribution in [0.4, 0.5) is 11.6 Å². The van der Waals surface area contributed by atoms with Gasteiger partial charge in [0.15, 0.2) is 0 Å². The Hall–Kier alpha value is -2.63. The van der Waals surface area contributed by atoms with Gasteiger partial charge in [-0.15, -0.1) is 0 Å². The highest BCUT2D eigenvalue weighted by Crippen LogP contribution is 2.16. The zero-order valence-corrected chi connectivity index (χ0v) is 14.6. The molecule has 0 saturated carbocycles. The highest BCUT2D eigenvalue weighted by Gasteiger charge is 2.07. The molecule has 2 aromatic carbocycles. The topological polar surface area (TPSA) is 66.9 Å². The van der Waals surface area contributed by atoms with Gasteiger partial charge in [0.2, 0.25) is 5.95 Å². The van der Waals surface area contributed by atoms with Crippen LogP contribution in [0.2, 0.25) is 10.0 Å². The van der Waals surface area contributed by atoms with Crippen molar-refractivity contribution >= 4 is 40.7 Å². The van der Waals surface area contributed by atoms with Crippen LogP contribution in [-0.4, -0.2) is 15.9 Å². The number of hydrogen-bond donors (Lipinski definition) is 2. The first-order valence-corrected chi connectivity index (χ1v) is 8.23. The first-order chi connectivity index (χ1) is 12.1.